The Morgan fingerprint density at radius 1 is 1.21 bits per heavy atom. The van der Waals surface area contributed by atoms with Crippen molar-refractivity contribution in [2.24, 2.45) is 5.92 Å². The number of likely N-dealkylation sites (tertiary alicyclic amines) is 1. The lowest BCUT2D eigenvalue weighted by atomic mass is 9.96. The number of amides is 1. The van der Waals surface area contributed by atoms with Gasteiger partial charge in [0.25, 0.3) is 5.89 Å². The highest BCUT2D eigenvalue weighted by atomic mass is 35.5. The predicted molar refractivity (Wildman–Crippen MR) is 108 cm³/mol. The second kappa shape index (κ2) is 8.71. The fourth-order valence-corrected chi connectivity index (χ4v) is 3.58. The number of rotatable bonds is 5. The molecule has 1 aliphatic heterocycles. The van der Waals surface area contributed by atoms with Gasteiger partial charge in [0.2, 0.25) is 5.91 Å². The van der Waals surface area contributed by atoms with Crippen LogP contribution in [0.25, 0.3) is 11.5 Å². The molecule has 1 N–H and O–H groups in total. The summed E-state index contributed by atoms with van der Waals surface area (Å²) in [4.78, 5) is 19.1. The Morgan fingerprint density at radius 3 is 2.69 bits per heavy atom. The number of anilines is 1. The molecule has 1 aromatic heterocycles. The van der Waals surface area contributed by atoms with Crippen LogP contribution in [0.15, 0.2) is 53.1 Å². The molecule has 0 bridgehead atoms. The zero-order valence-corrected chi connectivity index (χ0v) is 16.4. The minimum absolute atomic E-state index is 0.0186. The van der Waals surface area contributed by atoms with Crippen molar-refractivity contribution in [3.8, 4) is 11.5 Å². The van der Waals surface area contributed by atoms with Gasteiger partial charge in [-0.15, -0.1) is 0 Å². The Morgan fingerprint density at radius 2 is 1.97 bits per heavy atom. The fraction of sp³-hybridized carbons (Fsp3) is 0.286. The van der Waals surface area contributed by atoms with E-state index < -0.39 is 0 Å². The summed E-state index contributed by atoms with van der Waals surface area (Å²) in [6.45, 7) is 2.09. The van der Waals surface area contributed by atoms with E-state index in [9.17, 15) is 9.18 Å². The van der Waals surface area contributed by atoms with Crippen LogP contribution in [0.3, 0.4) is 0 Å². The van der Waals surface area contributed by atoms with Gasteiger partial charge in [-0.25, -0.2) is 4.39 Å². The molecule has 1 saturated heterocycles. The Kier molecular flexibility index (Phi) is 5.87. The Hall–Kier alpha value is -2.77. The summed E-state index contributed by atoms with van der Waals surface area (Å²) in [7, 11) is 0. The van der Waals surface area contributed by atoms with Crippen LogP contribution in [0.5, 0.6) is 0 Å². The molecule has 0 saturated carbocycles. The van der Waals surface area contributed by atoms with E-state index in [1.807, 2.05) is 12.1 Å². The second-order valence-electron chi connectivity index (χ2n) is 7.07. The molecular formula is C21H20ClFN4O2. The van der Waals surface area contributed by atoms with Crippen LogP contribution in [-0.4, -0.2) is 34.0 Å². The topological polar surface area (TPSA) is 71.3 Å². The van der Waals surface area contributed by atoms with Crippen LogP contribution < -0.4 is 5.32 Å². The third kappa shape index (κ3) is 4.99. The highest BCUT2D eigenvalue weighted by Crippen LogP contribution is 2.23. The number of benzene rings is 2. The zero-order chi connectivity index (χ0) is 20.2. The van der Waals surface area contributed by atoms with Gasteiger partial charge in [-0.05, 0) is 68.4 Å². The molecule has 0 radical (unpaired) electrons. The van der Waals surface area contributed by atoms with Crippen LogP contribution in [0.2, 0.25) is 5.02 Å². The highest BCUT2D eigenvalue weighted by molar-refractivity contribution is 6.30. The second-order valence-corrected chi connectivity index (χ2v) is 7.51. The first kappa shape index (κ1) is 19.5. The van der Waals surface area contributed by atoms with Crippen molar-refractivity contribution in [3.05, 3.63) is 65.2 Å². The lowest BCUT2D eigenvalue weighted by molar-refractivity contribution is -0.121. The van der Waals surface area contributed by atoms with E-state index in [1.54, 1.807) is 24.3 Å². The fourth-order valence-electron chi connectivity index (χ4n) is 3.39. The molecule has 4 rings (SSSR count). The van der Waals surface area contributed by atoms with Crippen molar-refractivity contribution in [1.82, 2.24) is 15.0 Å². The molecule has 2 heterocycles. The summed E-state index contributed by atoms with van der Waals surface area (Å²) in [5, 5.41) is 7.54. The van der Waals surface area contributed by atoms with Gasteiger partial charge in [0.05, 0.1) is 6.54 Å². The van der Waals surface area contributed by atoms with Crippen LogP contribution in [0.4, 0.5) is 10.1 Å². The number of aromatic nitrogens is 2. The number of nitrogens with one attached hydrogen (secondary N) is 1. The number of hydrogen-bond donors (Lipinski definition) is 1. The van der Waals surface area contributed by atoms with Crippen molar-refractivity contribution in [3.63, 3.8) is 0 Å². The third-order valence-corrected chi connectivity index (χ3v) is 5.21. The molecule has 1 fully saturated rings. The van der Waals surface area contributed by atoms with E-state index in [0.717, 1.165) is 25.9 Å². The molecule has 1 aliphatic rings. The molecule has 2 aromatic carbocycles. The lowest BCUT2D eigenvalue weighted by Gasteiger charge is -2.30. The third-order valence-electron chi connectivity index (χ3n) is 4.97. The first-order chi connectivity index (χ1) is 14.1. The van der Waals surface area contributed by atoms with Gasteiger partial charge in [0.15, 0.2) is 5.82 Å². The van der Waals surface area contributed by atoms with E-state index >= 15 is 0 Å². The molecule has 0 spiro atoms. The Bertz CT molecular complexity index is 984. The first-order valence-electron chi connectivity index (χ1n) is 9.44. The monoisotopic (exact) mass is 414 g/mol. The maximum atomic E-state index is 13.0. The molecule has 29 heavy (non-hydrogen) atoms. The number of nitrogens with zero attached hydrogens (tertiary/aromatic N) is 3. The minimum atomic E-state index is -0.309. The maximum absolute atomic E-state index is 13.0. The largest absolute Gasteiger partial charge is 0.334 e. The molecule has 1 amide bonds. The average Bonchev–Trinajstić information content (AvgIpc) is 3.17. The predicted octanol–water partition coefficient (Wildman–Crippen LogP) is 4.38. The van der Waals surface area contributed by atoms with Gasteiger partial charge in [0, 0.05) is 22.2 Å². The number of carbonyl (C=O) groups excluding carboxylic acids is 1. The van der Waals surface area contributed by atoms with E-state index in [-0.39, 0.29) is 17.6 Å². The summed E-state index contributed by atoms with van der Waals surface area (Å²) < 4.78 is 18.3. The van der Waals surface area contributed by atoms with Gasteiger partial charge < -0.3 is 9.84 Å². The number of piperidine rings is 1. The maximum Gasteiger partial charge on any atom is 0.257 e. The summed E-state index contributed by atoms with van der Waals surface area (Å²) in [6, 6.07) is 13.1. The van der Waals surface area contributed by atoms with Crippen LogP contribution >= 0.6 is 11.6 Å². The van der Waals surface area contributed by atoms with Crippen molar-refractivity contribution >= 4 is 23.2 Å². The van der Waals surface area contributed by atoms with Gasteiger partial charge in [-0.2, -0.15) is 4.98 Å². The molecule has 0 unspecified atom stereocenters. The Labute approximate surface area is 172 Å². The highest BCUT2D eigenvalue weighted by Gasteiger charge is 2.26. The van der Waals surface area contributed by atoms with Crippen molar-refractivity contribution < 1.29 is 13.7 Å². The summed E-state index contributed by atoms with van der Waals surface area (Å²) in [6.07, 6.45) is 1.52. The summed E-state index contributed by atoms with van der Waals surface area (Å²) in [5.74, 6) is 0.619. The standard InChI is InChI=1S/C21H20ClFN4O2/c22-16-2-1-3-18(12-16)24-20(28)14-8-10-27(11-9-14)13-19-25-21(29-26-19)15-4-6-17(23)7-5-15/h1-7,12,14H,8-11,13H2,(H,24,28). The van der Waals surface area contributed by atoms with Gasteiger partial charge in [0.1, 0.15) is 5.82 Å². The number of carbonyl (C=O) groups is 1. The molecule has 150 valence electrons. The lowest BCUT2D eigenvalue weighted by Crippen LogP contribution is -2.38. The molecule has 0 atom stereocenters. The van der Waals surface area contributed by atoms with Crippen molar-refractivity contribution in [2.45, 2.75) is 19.4 Å². The number of halogens is 2. The SMILES string of the molecule is O=C(Nc1cccc(Cl)c1)C1CCN(Cc2noc(-c3ccc(F)cc3)n2)CC1. The van der Waals surface area contributed by atoms with Crippen LogP contribution in [0, 0.1) is 11.7 Å². The Balaban J connectivity index is 1.29. The van der Waals surface area contributed by atoms with Crippen LogP contribution in [-0.2, 0) is 11.3 Å². The molecular weight excluding hydrogens is 395 g/mol. The molecule has 6 nitrogen and oxygen atoms in total. The molecule has 8 heteroatoms. The quantitative estimate of drug-likeness (QED) is 0.670. The molecule has 3 aromatic rings. The zero-order valence-electron chi connectivity index (χ0n) is 15.6. The smallest absolute Gasteiger partial charge is 0.257 e. The average molecular weight is 415 g/mol. The van der Waals surface area contributed by atoms with E-state index in [4.69, 9.17) is 16.1 Å². The van der Waals surface area contributed by atoms with Crippen molar-refractivity contribution in [2.75, 3.05) is 18.4 Å². The van der Waals surface area contributed by atoms with Crippen LogP contribution in [0.1, 0.15) is 18.7 Å². The molecule has 0 aliphatic carbocycles. The normalized spacial score (nSPS) is 15.4. The van der Waals surface area contributed by atoms with Gasteiger partial charge in [-0.1, -0.05) is 22.8 Å². The van der Waals surface area contributed by atoms with E-state index in [1.165, 1.54) is 12.1 Å². The number of hydrogen-bond acceptors (Lipinski definition) is 5. The van der Waals surface area contributed by atoms with Gasteiger partial charge in [-0.3, -0.25) is 9.69 Å². The van der Waals surface area contributed by atoms with Crippen molar-refractivity contribution in [1.29, 1.82) is 0 Å². The summed E-state index contributed by atoms with van der Waals surface area (Å²) >= 11 is 5.96. The van der Waals surface area contributed by atoms with Gasteiger partial charge >= 0.3 is 0 Å². The minimum Gasteiger partial charge on any atom is -0.334 e. The first-order valence-corrected chi connectivity index (χ1v) is 9.82. The summed E-state index contributed by atoms with van der Waals surface area (Å²) in [5.41, 5.74) is 1.39. The van der Waals surface area contributed by atoms with E-state index in [0.29, 0.717) is 34.5 Å². The van der Waals surface area contributed by atoms with E-state index in [2.05, 4.69) is 20.4 Å².